The molecule has 2 atom stereocenters. The van der Waals surface area contributed by atoms with Crippen LogP contribution in [0.2, 0.25) is 0 Å². The van der Waals surface area contributed by atoms with Crippen molar-refractivity contribution >= 4 is 53.2 Å². The number of nitrogens with zero attached hydrogens (tertiary/aromatic N) is 2. The number of hydrogen-bond acceptors (Lipinski definition) is 17. The van der Waals surface area contributed by atoms with Crippen LogP contribution in [0.15, 0.2) is 12.2 Å². The maximum absolute atomic E-state index is 13.8. The van der Waals surface area contributed by atoms with Crippen LogP contribution in [0.1, 0.15) is 444 Å². The van der Waals surface area contributed by atoms with Crippen LogP contribution in [-0.2, 0) is 81.0 Å². The van der Waals surface area contributed by atoms with Crippen molar-refractivity contribution < 1.29 is 81.0 Å². The lowest BCUT2D eigenvalue weighted by atomic mass is 9.86. The van der Waals surface area contributed by atoms with E-state index in [1.165, 1.54) is 115 Å². The average molecular weight is 1870 g/mol. The molecule has 0 bridgehead atoms. The second kappa shape index (κ2) is 63.4. The summed E-state index contributed by atoms with van der Waals surface area (Å²) >= 11 is 0. The van der Waals surface area contributed by atoms with Gasteiger partial charge < -0.3 is 74.7 Å². The molecular formula is C107H202N8O17. The van der Waals surface area contributed by atoms with Crippen LogP contribution in [0.4, 0.5) is 0 Å². The van der Waals surface area contributed by atoms with Crippen LogP contribution < -0.4 is 31.9 Å². The maximum Gasteiger partial charge on any atom is 0.253 e. The molecule has 6 N–H and O–H groups in total. The van der Waals surface area contributed by atoms with E-state index >= 15 is 0 Å². The largest absolute Gasteiger partial charge is 0.380 e. The summed E-state index contributed by atoms with van der Waals surface area (Å²) in [7, 11) is 0. The quantitative estimate of drug-likeness (QED) is 0.0243. The Hall–Kier alpha value is -5.15. The Labute approximate surface area is 805 Å². The van der Waals surface area contributed by atoms with E-state index in [4.69, 9.17) is 37.9 Å². The van der Waals surface area contributed by atoms with Gasteiger partial charge in [0, 0.05) is 162 Å². The number of imide groups is 1. The molecule has 132 heavy (non-hydrogen) atoms. The summed E-state index contributed by atoms with van der Waals surface area (Å²) in [4.78, 5) is 122. The van der Waals surface area contributed by atoms with E-state index in [-0.39, 0.29) is 92.5 Å². The van der Waals surface area contributed by atoms with E-state index in [9.17, 15) is 43.2 Å². The number of ether oxygens (including phenoxy) is 8. The molecule has 0 spiro atoms. The van der Waals surface area contributed by atoms with Gasteiger partial charge in [-0.25, -0.2) is 0 Å². The monoisotopic (exact) mass is 1870 g/mol. The van der Waals surface area contributed by atoms with Gasteiger partial charge >= 0.3 is 0 Å². The molecule has 9 amide bonds. The van der Waals surface area contributed by atoms with Crippen LogP contribution in [0.3, 0.4) is 0 Å². The van der Waals surface area contributed by atoms with Crippen LogP contribution >= 0.6 is 0 Å². The SMILES string of the molecule is CCCCCCCCC(CCCCCC)C(=O)NC(C)(C)CCOC(C)(C)CCNC(=O)CCC(C)(C)OCCC(C)(C)NC(=O)C(C)(C)CCOC(C)(C)CCOCCN(CCOCCC(C)(C)OCCC(C)(C)C(=O)NC(C)(C)CCOC(C)(C)CCC(=O)NCCC(C)(C)OCCC(C)(C)NC(=O)C(CCCCCC)CCCCCCCC)C(=O)CCN1C(=O)C=CC1=O. The summed E-state index contributed by atoms with van der Waals surface area (Å²) in [5.41, 5.74) is -6.73. The van der Waals surface area contributed by atoms with Gasteiger partial charge in [0.25, 0.3) is 11.8 Å². The Balaban J connectivity index is 2.59. The number of rotatable bonds is 83. The van der Waals surface area contributed by atoms with Gasteiger partial charge in [-0.05, 0) is 241 Å². The molecule has 0 aromatic carbocycles. The minimum absolute atomic E-state index is 0.0488. The van der Waals surface area contributed by atoms with Crippen LogP contribution in [0.5, 0.6) is 0 Å². The first-order valence-electron chi connectivity index (χ1n) is 52.0. The van der Waals surface area contributed by atoms with Crippen molar-refractivity contribution in [1.29, 1.82) is 0 Å². The molecule has 25 heteroatoms. The highest BCUT2D eigenvalue weighted by Gasteiger charge is 2.38. The first-order chi connectivity index (χ1) is 61.4. The molecule has 0 radical (unpaired) electrons. The molecule has 25 nitrogen and oxygen atoms in total. The van der Waals surface area contributed by atoms with Crippen molar-refractivity contribution in [3.8, 4) is 0 Å². The zero-order chi connectivity index (χ0) is 100. The van der Waals surface area contributed by atoms with E-state index in [1.54, 1.807) is 4.90 Å². The van der Waals surface area contributed by atoms with Gasteiger partial charge in [-0.3, -0.25) is 48.1 Å². The van der Waals surface area contributed by atoms with Crippen molar-refractivity contribution in [2.45, 2.75) is 500 Å². The summed E-state index contributed by atoms with van der Waals surface area (Å²) in [6.07, 6.45) is 37.5. The zero-order valence-electron chi connectivity index (χ0n) is 89.8. The van der Waals surface area contributed by atoms with Crippen LogP contribution in [0, 0.1) is 22.7 Å². The summed E-state index contributed by atoms with van der Waals surface area (Å²) in [5.74, 6) is -1.01. The molecule has 0 saturated heterocycles. The van der Waals surface area contributed by atoms with Gasteiger partial charge in [-0.1, -0.05) is 184 Å². The zero-order valence-corrected chi connectivity index (χ0v) is 89.8. The molecule has 1 aliphatic heterocycles. The van der Waals surface area contributed by atoms with Gasteiger partial charge in [0.1, 0.15) is 0 Å². The second-order valence-electron chi connectivity index (χ2n) is 45.8. The van der Waals surface area contributed by atoms with Crippen LogP contribution in [0.25, 0.3) is 0 Å². The number of unbranched alkanes of at least 4 members (excludes halogenated alkanes) is 16. The molecule has 1 heterocycles. The molecule has 772 valence electrons. The highest BCUT2D eigenvalue weighted by Crippen LogP contribution is 2.32. The fourth-order valence-corrected chi connectivity index (χ4v) is 15.6. The minimum atomic E-state index is -0.748. The first kappa shape index (κ1) is 125. The van der Waals surface area contributed by atoms with E-state index < -0.39 is 78.4 Å². The number of nitrogens with one attached hydrogen (secondary N) is 6. The lowest BCUT2D eigenvalue weighted by molar-refractivity contribution is -0.139. The van der Waals surface area contributed by atoms with E-state index in [0.717, 1.165) is 56.3 Å². The van der Waals surface area contributed by atoms with Gasteiger partial charge in [-0.2, -0.15) is 0 Å². The molecule has 1 aliphatic rings. The van der Waals surface area contributed by atoms with Gasteiger partial charge in [0.15, 0.2) is 0 Å². The lowest BCUT2D eigenvalue weighted by Gasteiger charge is -2.34. The van der Waals surface area contributed by atoms with Crippen LogP contribution in [-0.4, -0.2) is 218 Å². The highest BCUT2D eigenvalue weighted by atomic mass is 16.5. The van der Waals surface area contributed by atoms with Crippen molar-refractivity contribution in [2.24, 2.45) is 22.7 Å². The second-order valence-corrected chi connectivity index (χ2v) is 45.8. The topological polar surface area (TPSA) is 306 Å². The lowest BCUT2D eigenvalue weighted by Crippen LogP contribution is -2.50. The fraction of sp³-hybridized carbons (Fsp3) is 0.897. The van der Waals surface area contributed by atoms with Gasteiger partial charge in [0.2, 0.25) is 41.4 Å². The molecule has 2 unspecified atom stereocenters. The molecule has 1 rings (SSSR count). The first-order valence-corrected chi connectivity index (χ1v) is 52.0. The molecule has 0 saturated carbocycles. The third kappa shape index (κ3) is 61.2. The summed E-state index contributed by atoms with van der Waals surface area (Å²) < 4.78 is 50.4. The summed E-state index contributed by atoms with van der Waals surface area (Å²) in [6, 6.07) is 0. The Kier molecular flexibility index (Phi) is 60.0. The Bertz CT molecular complexity index is 3090. The third-order valence-electron chi connectivity index (χ3n) is 26.3. The maximum atomic E-state index is 13.8. The predicted octanol–water partition coefficient (Wildman–Crippen LogP) is 20.9. The summed E-state index contributed by atoms with van der Waals surface area (Å²) in [5, 5.41) is 19.4. The minimum Gasteiger partial charge on any atom is -0.380 e. The molecule has 0 aliphatic carbocycles. The summed E-state index contributed by atoms with van der Waals surface area (Å²) in [6.45, 7) is 61.8. The molecular weight excluding hydrogens is 1670 g/mol. The van der Waals surface area contributed by atoms with Crippen molar-refractivity contribution in [3.63, 3.8) is 0 Å². The Morgan fingerprint density at radius 1 is 0.311 bits per heavy atom. The number of hydrogen-bond donors (Lipinski definition) is 6. The number of carbonyl (C=O) groups is 9. The Morgan fingerprint density at radius 3 is 0.886 bits per heavy atom. The van der Waals surface area contributed by atoms with Crippen molar-refractivity contribution in [2.75, 3.05) is 98.8 Å². The third-order valence-corrected chi connectivity index (χ3v) is 26.3. The molecule has 0 fully saturated rings. The van der Waals surface area contributed by atoms with Gasteiger partial charge in [-0.15, -0.1) is 0 Å². The van der Waals surface area contributed by atoms with Crippen molar-refractivity contribution in [3.05, 3.63) is 12.2 Å². The van der Waals surface area contributed by atoms with Crippen molar-refractivity contribution in [1.82, 2.24) is 41.7 Å². The standard InChI is InChI=1S/C107H202N8O17/c1-29-33-37-41-43-47-51-85(49-45-39-35-31-3)92(121)110-98(9,10)64-79-131-104(21,22)60-70-108-87(116)55-58-102(17,18)129-81-66-100(13,14)112-94(123)96(5,6)62-77-127-106(25,26)68-75-125-83-73-114(89(118)57-72-115-90(119)53-54-91(115)120)74-84-126-76-69-107(27,28)128-78-63-97(7,8)95(124)113-101(15,16)67-82-130-103(19,20)59-56-88(117)109-71-61-105(23,24)132-80-65-99(11,12)111-93(122)86(50-46-40-36-32-4)52-48-44-42-38-34-30-2/h53-54,85-86H,29-52,55-84H2,1-28H3,(H,108,116)(H,109,117)(H,110,121)(H,111,122)(H,112,123)(H,113,124). The Morgan fingerprint density at radius 2 is 0.576 bits per heavy atom. The van der Waals surface area contributed by atoms with E-state index in [1.807, 2.05) is 138 Å². The normalized spacial score (nSPS) is 14.1. The van der Waals surface area contributed by atoms with E-state index in [2.05, 4.69) is 87.3 Å². The molecule has 0 aromatic rings. The number of carbonyl (C=O) groups excluding carboxylic acids is 9. The highest BCUT2D eigenvalue weighted by molar-refractivity contribution is 6.13. The fourth-order valence-electron chi connectivity index (χ4n) is 15.6. The molecule has 0 aromatic heterocycles. The smallest absolute Gasteiger partial charge is 0.253 e. The number of amides is 9. The van der Waals surface area contributed by atoms with Gasteiger partial charge in [0.05, 0.1) is 46.8 Å². The van der Waals surface area contributed by atoms with E-state index in [0.29, 0.717) is 156 Å². The average Bonchev–Trinajstić information content (AvgIpc) is 1.11. The predicted molar refractivity (Wildman–Crippen MR) is 536 cm³/mol.